The van der Waals surface area contributed by atoms with Crippen molar-refractivity contribution in [2.45, 2.75) is 25.4 Å². The smallest absolute Gasteiger partial charge is 0.170 e. The number of benzene rings is 1. The van der Waals surface area contributed by atoms with Crippen molar-refractivity contribution in [3.05, 3.63) is 108 Å². The lowest BCUT2D eigenvalue weighted by Gasteiger charge is -2.29. The van der Waals surface area contributed by atoms with Gasteiger partial charge in [0.2, 0.25) is 0 Å². The molecule has 0 amide bonds. The number of hydrogen-bond acceptors (Lipinski definition) is 4. The molecule has 6 nitrogen and oxygen atoms in total. The number of thiocarbonyl (C=S) groups is 1. The molecule has 1 aliphatic heterocycles. The van der Waals surface area contributed by atoms with Crippen LogP contribution in [0.25, 0.3) is 5.69 Å². The van der Waals surface area contributed by atoms with Crippen molar-refractivity contribution in [3.8, 4) is 5.69 Å². The summed E-state index contributed by atoms with van der Waals surface area (Å²) in [5.41, 5.74) is 5.49. The molecule has 34 heavy (non-hydrogen) atoms. The van der Waals surface area contributed by atoms with E-state index in [4.69, 9.17) is 12.2 Å². The monoisotopic (exact) mass is 468 g/mol. The fourth-order valence-electron chi connectivity index (χ4n) is 4.63. The van der Waals surface area contributed by atoms with Gasteiger partial charge in [-0.15, -0.1) is 0 Å². The molecule has 4 heterocycles. The van der Waals surface area contributed by atoms with E-state index < -0.39 is 0 Å². The minimum absolute atomic E-state index is 0.00744. The van der Waals surface area contributed by atoms with Crippen LogP contribution in [0.1, 0.15) is 35.6 Å². The summed E-state index contributed by atoms with van der Waals surface area (Å²) in [6.07, 6.45) is 6.50. The molecule has 0 aliphatic carbocycles. The number of aromatic nitrogens is 3. The highest BCUT2D eigenvalue weighted by Gasteiger charge is 2.41. The van der Waals surface area contributed by atoms with E-state index in [9.17, 15) is 0 Å². The predicted octanol–water partition coefficient (Wildman–Crippen LogP) is 5.05. The number of pyridine rings is 2. The Hall–Kier alpha value is -3.71. The molecule has 0 bridgehead atoms. The third-order valence-corrected chi connectivity index (χ3v) is 6.54. The van der Waals surface area contributed by atoms with Gasteiger partial charge in [0.1, 0.15) is 0 Å². The summed E-state index contributed by atoms with van der Waals surface area (Å²) in [7, 11) is 0. The van der Waals surface area contributed by atoms with E-state index in [0.717, 1.165) is 47.4 Å². The highest BCUT2D eigenvalue weighted by atomic mass is 32.1. The van der Waals surface area contributed by atoms with Crippen LogP contribution in [0.2, 0.25) is 0 Å². The van der Waals surface area contributed by atoms with Crippen molar-refractivity contribution >= 4 is 23.0 Å². The van der Waals surface area contributed by atoms with E-state index in [0.29, 0.717) is 0 Å². The van der Waals surface area contributed by atoms with E-state index in [1.807, 2.05) is 48.8 Å². The van der Waals surface area contributed by atoms with Crippen molar-refractivity contribution < 1.29 is 0 Å². The summed E-state index contributed by atoms with van der Waals surface area (Å²) in [6.45, 7) is 3.82. The predicted molar refractivity (Wildman–Crippen MR) is 140 cm³/mol. The number of hydrogen-bond donors (Lipinski definition) is 2. The fourth-order valence-corrected chi connectivity index (χ4v) is 4.97. The maximum absolute atomic E-state index is 5.85. The van der Waals surface area contributed by atoms with Crippen LogP contribution in [0.3, 0.4) is 0 Å². The van der Waals surface area contributed by atoms with Crippen LogP contribution in [0, 0.1) is 6.92 Å². The Morgan fingerprint density at radius 3 is 2.59 bits per heavy atom. The Morgan fingerprint density at radius 2 is 1.82 bits per heavy atom. The molecule has 1 saturated heterocycles. The molecule has 7 heteroatoms. The number of nitrogens with zero attached hydrogens (tertiary/aromatic N) is 4. The molecule has 5 rings (SSSR count). The zero-order valence-electron chi connectivity index (χ0n) is 19.1. The van der Waals surface area contributed by atoms with Crippen molar-refractivity contribution in [1.29, 1.82) is 0 Å². The summed E-state index contributed by atoms with van der Waals surface area (Å²) in [4.78, 5) is 11.3. The molecule has 1 aromatic carbocycles. The Morgan fingerprint density at radius 1 is 0.971 bits per heavy atom. The first-order valence-electron chi connectivity index (χ1n) is 11.6. The second-order valence-corrected chi connectivity index (χ2v) is 8.80. The summed E-state index contributed by atoms with van der Waals surface area (Å²) >= 11 is 5.85. The van der Waals surface area contributed by atoms with Crippen molar-refractivity contribution in [2.24, 2.45) is 0 Å². The van der Waals surface area contributed by atoms with E-state index in [1.165, 1.54) is 5.69 Å². The number of para-hydroxylation sites is 1. The lowest BCUT2D eigenvalue weighted by atomic mass is 10.0. The Labute approximate surface area is 205 Å². The normalized spacial score (nSPS) is 17.6. The average molecular weight is 469 g/mol. The Kier molecular flexibility index (Phi) is 6.53. The van der Waals surface area contributed by atoms with Gasteiger partial charge in [0.05, 0.1) is 29.7 Å². The molecule has 1 aliphatic rings. The molecule has 0 saturated carbocycles. The first-order chi connectivity index (χ1) is 16.7. The third kappa shape index (κ3) is 4.52. The van der Waals surface area contributed by atoms with Gasteiger partial charge in [0, 0.05) is 42.6 Å². The molecule has 2 N–H and O–H groups in total. The minimum Gasteiger partial charge on any atom is -0.385 e. The summed E-state index contributed by atoms with van der Waals surface area (Å²) in [5.74, 6) is 0. The molecular weight excluding hydrogens is 440 g/mol. The number of rotatable bonds is 8. The van der Waals surface area contributed by atoms with E-state index >= 15 is 0 Å². The van der Waals surface area contributed by atoms with Crippen molar-refractivity contribution in [2.75, 3.05) is 18.4 Å². The van der Waals surface area contributed by atoms with Crippen LogP contribution >= 0.6 is 12.2 Å². The lowest BCUT2D eigenvalue weighted by Crippen LogP contribution is -2.32. The quantitative estimate of drug-likeness (QED) is 0.279. The average Bonchev–Trinajstić information content (AvgIpc) is 3.42. The van der Waals surface area contributed by atoms with Crippen LogP contribution in [-0.2, 0) is 0 Å². The summed E-state index contributed by atoms with van der Waals surface area (Å²) in [6, 6.07) is 24.7. The maximum atomic E-state index is 5.85. The van der Waals surface area contributed by atoms with E-state index in [2.05, 4.69) is 73.4 Å². The van der Waals surface area contributed by atoms with Gasteiger partial charge < -0.3 is 20.1 Å². The van der Waals surface area contributed by atoms with Gasteiger partial charge in [-0.1, -0.05) is 24.3 Å². The highest BCUT2D eigenvalue weighted by Crippen LogP contribution is 2.40. The lowest BCUT2D eigenvalue weighted by molar-refractivity contribution is 0.307. The zero-order chi connectivity index (χ0) is 23.3. The summed E-state index contributed by atoms with van der Waals surface area (Å²) < 4.78 is 2.28. The van der Waals surface area contributed by atoms with Crippen LogP contribution in [0.15, 0.2) is 91.4 Å². The van der Waals surface area contributed by atoms with Crippen molar-refractivity contribution in [1.82, 2.24) is 24.8 Å². The first-order valence-corrected chi connectivity index (χ1v) is 12.0. The number of anilines is 1. The van der Waals surface area contributed by atoms with Crippen molar-refractivity contribution in [3.63, 3.8) is 0 Å². The minimum atomic E-state index is -0.0412. The second-order valence-electron chi connectivity index (χ2n) is 8.41. The molecule has 1 fully saturated rings. The van der Waals surface area contributed by atoms with E-state index in [-0.39, 0.29) is 12.1 Å². The Balaban J connectivity index is 1.45. The van der Waals surface area contributed by atoms with Gasteiger partial charge in [-0.2, -0.15) is 0 Å². The molecular formula is C27H28N6S. The molecule has 0 radical (unpaired) electrons. The van der Waals surface area contributed by atoms with Crippen LogP contribution in [-0.4, -0.2) is 37.6 Å². The zero-order valence-corrected chi connectivity index (χ0v) is 19.9. The van der Waals surface area contributed by atoms with Gasteiger partial charge in [-0.25, -0.2) is 0 Å². The highest BCUT2D eigenvalue weighted by molar-refractivity contribution is 7.80. The van der Waals surface area contributed by atoms with Crippen LogP contribution in [0.4, 0.5) is 5.69 Å². The van der Waals surface area contributed by atoms with Crippen LogP contribution < -0.4 is 10.6 Å². The first kappa shape index (κ1) is 22.1. The standard InChI is InChI=1S/C27H28N6S/c1-20-13-14-24(33(20)22-11-7-15-28-19-22)26-25(23-12-5-6-16-30-23)31-27(34)32(26)18-8-17-29-21-9-3-2-4-10-21/h2-7,9-16,19,25-26,29H,8,17-18H2,1H3,(H,31,34)/t25-,26-/m0/s1. The van der Waals surface area contributed by atoms with Gasteiger partial charge in [-0.3, -0.25) is 9.97 Å². The van der Waals surface area contributed by atoms with Gasteiger partial charge >= 0.3 is 0 Å². The third-order valence-electron chi connectivity index (χ3n) is 6.19. The topological polar surface area (TPSA) is 58.0 Å². The SMILES string of the molecule is Cc1ccc([C@H]2[C@H](c3ccccn3)NC(=S)N2CCCNc2ccccc2)n1-c1cccnc1. The number of nitrogens with one attached hydrogen (secondary N) is 2. The molecule has 0 spiro atoms. The molecule has 172 valence electrons. The summed E-state index contributed by atoms with van der Waals surface area (Å²) in [5, 5.41) is 7.83. The number of aryl methyl sites for hydroxylation is 1. The maximum Gasteiger partial charge on any atom is 0.170 e. The molecule has 0 unspecified atom stereocenters. The second kappa shape index (κ2) is 10.1. The molecule has 4 aromatic rings. The Bertz CT molecular complexity index is 1230. The molecule has 2 atom stereocenters. The van der Waals surface area contributed by atoms with Crippen LogP contribution in [0.5, 0.6) is 0 Å². The fraction of sp³-hybridized carbons (Fsp3) is 0.222. The largest absolute Gasteiger partial charge is 0.385 e. The molecule has 3 aromatic heterocycles. The van der Waals surface area contributed by atoms with Gasteiger partial charge in [0.25, 0.3) is 0 Å². The van der Waals surface area contributed by atoms with E-state index in [1.54, 1.807) is 6.20 Å². The van der Waals surface area contributed by atoms with Gasteiger partial charge in [-0.05, 0) is 74.1 Å². The van der Waals surface area contributed by atoms with Gasteiger partial charge in [0.15, 0.2) is 5.11 Å².